The molecule has 3 N–H and O–H groups in total. The number of nitrogens with one attached hydrogen (secondary N) is 1. The first-order chi connectivity index (χ1) is 7.22. The maximum Gasteiger partial charge on any atom is 0.234 e. The molecular formula is C11H23N3O. The van der Waals surface area contributed by atoms with Crippen LogP contribution in [-0.4, -0.2) is 44.0 Å². The van der Waals surface area contributed by atoms with Crippen LogP contribution in [0, 0.1) is 5.92 Å². The molecule has 0 bridgehead atoms. The van der Waals surface area contributed by atoms with Crippen LogP contribution in [0.4, 0.5) is 0 Å². The smallest absolute Gasteiger partial charge is 0.234 e. The third-order valence-corrected chi connectivity index (χ3v) is 2.92. The number of likely N-dealkylation sites (N-methyl/N-ethyl adjacent to an activating group) is 1. The highest BCUT2D eigenvalue weighted by Gasteiger charge is 2.17. The zero-order valence-electron chi connectivity index (χ0n) is 9.67. The Labute approximate surface area is 92.2 Å². The van der Waals surface area contributed by atoms with Gasteiger partial charge in [0.1, 0.15) is 0 Å². The van der Waals surface area contributed by atoms with Crippen molar-refractivity contribution < 1.29 is 4.79 Å². The molecule has 4 heteroatoms. The molecule has 1 aliphatic carbocycles. The van der Waals surface area contributed by atoms with Gasteiger partial charge in [-0.2, -0.15) is 0 Å². The van der Waals surface area contributed by atoms with Crippen molar-refractivity contribution in [3.05, 3.63) is 0 Å². The number of hydrogen-bond acceptors (Lipinski definition) is 3. The number of nitrogens with two attached hydrogens (primary N) is 1. The molecule has 0 aromatic rings. The summed E-state index contributed by atoms with van der Waals surface area (Å²) >= 11 is 0. The van der Waals surface area contributed by atoms with E-state index in [4.69, 9.17) is 5.73 Å². The molecule has 0 radical (unpaired) electrons. The summed E-state index contributed by atoms with van der Waals surface area (Å²) in [4.78, 5) is 13.5. The molecule has 1 amide bonds. The normalized spacial score (nSPS) is 17.3. The molecule has 0 aromatic carbocycles. The molecule has 4 nitrogen and oxygen atoms in total. The lowest BCUT2D eigenvalue weighted by Gasteiger charge is -2.19. The molecule has 0 unspecified atom stereocenters. The molecule has 0 aliphatic heterocycles. The summed E-state index contributed by atoms with van der Waals surface area (Å²) in [7, 11) is 2.01. The van der Waals surface area contributed by atoms with E-state index in [9.17, 15) is 4.79 Å². The summed E-state index contributed by atoms with van der Waals surface area (Å²) < 4.78 is 0. The number of nitrogens with zero attached hydrogens (tertiary/aromatic N) is 1. The minimum absolute atomic E-state index is 0.0842. The number of carbonyl (C=O) groups is 1. The summed E-state index contributed by atoms with van der Waals surface area (Å²) in [6.45, 7) is 2.64. The topological polar surface area (TPSA) is 58.4 Å². The van der Waals surface area contributed by atoms with Crippen LogP contribution in [0.3, 0.4) is 0 Å². The second-order valence-electron chi connectivity index (χ2n) is 4.49. The van der Waals surface area contributed by atoms with Crippen LogP contribution in [0.15, 0.2) is 0 Å². The van der Waals surface area contributed by atoms with Crippen molar-refractivity contribution in [3.8, 4) is 0 Å². The van der Waals surface area contributed by atoms with Gasteiger partial charge in [0.25, 0.3) is 0 Å². The minimum atomic E-state index is 0.0842. The van der Waals surface area contributed by atoms with E-state index >= 15 is 0 Å². The zero-order chi connectivity index (χ0) is 11.1. The lowest BCUT2D eigenvalue weighted by atomic mass is 10.1. The molecule has 15 heavy (non-hydrogen) atoms. The molecule has 0 heterocycles. The molecule has 1 saturated carbocycles. The van der Waals surface area contributed by atoms with Gasteiger partial charge in [-0.3, -0.25) is 9.69 Å². The first kappa shape index (κ1) is 12.5. The Morgan fingerprint density at radius 3 is 2.73 bits per heavy atom. The van der Waals surface area contributed by atoms with E-state index in [1.165, 1.54) is 25.7 Å². The number of amides is 1. The monoisotopic (exact) mass is 213 g/mol. The van der Waals surface area contributed by atoms with Crippen LogP contribution < -0.4 is 11.1 Å². The van der Waals surface area contributed by atoms with E-state index in [0.29, 0.717) is 19.6 Å². The summed E-state index contributed by atoms with van der Waals surface area (Å²) in [5.41, 5.74) is 5.31. The fraction of sp³-hybridized carbons (Fsp3) is 0.909. The third-order valence-electron chi connectivity index (χ3n) is 2.92. The summed E-state index contributed by atoms with van der Waals surface area (Å²) in [5, 5.41) is 2.78. The zero-order valence-corrected chi connectivity index (χ0v) is 9.67. The molecule has 0 spiro atoms. The van der Waals surface area contributed by atoms with Crippen molar-refractivity contribution in [2.45, 2.75) is 25.7 Å². The van der Waals surface area contributed by atoms with Crippen LogP contribution in [0.2, 0.25) is 0 Å². The Morgan fingerprint density at radius 1 is 1.47 bits per heavy atom. The van der Waals surface area contributed by atoms with Crippen LogP contribution in [0.1, 0.15) is 25.7 Å². The Balaban J connectivity index is 2.11. The predicted octanol–water partition coefficient (Wildman–Crippen LogP) is 0.183. The average Bonchev–Trinajstić information content (AvgIpc) is 2.67. The van der Waals surface area contributed by atoms with E-state index in [0.717, 1.165) is 12.5 Å². The van der Waals surface area contributed by atoms with Gasteiger partial charge in [0.15, 0.2) is 0 Å². The average molecular weight is 213 g/mol. The lowest BCUT2D eigenvalue weighted by molar-refractivity contribution is -0.122. The fourth-order valence-electron chi connectivity index (χ4n) is 2.21. The summed E-state index contributed by atoms with van der Waals surface area (Å²) in [6, 6.07) is 0. The Hall–Kier alpha value is -0.610. The number of hydrogen-bond donors (Lipinski definition) is 2. The summed E-state index contributed by atoms with van der Waals surface area (Å²) in [6.07, 6.45) is 5.37. The minimum Gasteiger partial charge on any atom is -0.354 e. The SMILES string of the molecule is CN(CC(=O)NCCN)CC1CCCC1. The molecule has 0 saturated heterocycles. The molecule has 0 atom stereocenters. The van der Waals surface area contributed by atoms with Crippen LogP contribution >= 0.6 is 0 Å². The highest BCUT2D eigenvalue weighted by molar-refractivity contribution is 5.77. The summed E-state index contributed by atoms with van der Waals surface area (Å²) in [5.74, 6) is 0.887. The molecule has 88 valence electrons. The number of rotatable bonds is 6. The van der Waals surface area contributed by atoms with Crippen molar-refractivity contribution >= 4 is 5.91 Å². The maximum absolute atomic E-state index is 11.4. The Morgan fingerprint density at radius 2 is 2.13 bits per heavy atom. The number of carbonyl (C=O) groups excluding carboxylic acids is 1. The van der Waals surface area contributed by atoms with E-state index in [1.54, 1.807) is 0 Å². The molecule has 1 fully saturated rings. The molecule has 1 rings (SSSR count). The highest BCUT2D eigenvalue weighted by Crippen LogP contribution is 2.24. The van der Waals surface area contributed by atoms with Crippen molar-refractivity contribution in [3.63, 3.8) is 0 Å². The maximum atomic E-state index is 11.4. The van der Waals surface area contributed by atoms with Gasteiger partial charge in [0.2, 0.25) is 5.91 Å². The van der Waals surface area contributed by atoms with Crippen LogP contribution in [-0.2, 0) is 4.79 Å². The van der Waals surface area contributed by atoms with Crippen LogP contribution in [0.25, 0.3) is 0 Å². The van der Waals surface area contributed by atoms with Gasteiger partial charge < -0.3 is 11.1 Å². The predicted molar refractivity (Wildman–Crippen MR) is 61.5 cm³/mol. The third kappa shape index (κ3) is 5.14. The first-order valence-electron chi connectivity index (χ1n) is 5.87. The largest absolute Gasteiger partial charge is 0.354 e. The van der Waals surface area contributed by atoms with Crippen molar-refractivity contribution in [1.29, 1.82) is 0 Å². The van der Waals surface area contributed by atoms with Gasteiger partial charge in [0.05, 0.1) is 6.54 Å². The van der Waals surface area contributed by atoms with Gasteiger partial charge >= 0.3 is 0 Å². The Bertz CT molecular complexity index is 190. The van der Waals surface area contributed by atoms with Gasteiger partial charge in [-0.15, -0.1) is 0 Å². The van der Waals surface area contributed by atoms with E-state index in [1.807, 2.05) is 7.05 Å². The van der Waals surface area contributed by atoms with Gasteiger partial charge in [-0.05, 0) is 25.8 Å². The van der Waals surface area contributed by atoms with Crippen LogP contribution in [0.5, 0.6) is 0 Å². The quantitative estimate of drug-likeness (QED) is 0.662. The highest BCUT2D eigenvalue weighted by atomic mass is 16.2. The standard InChI is InChI=1S/C11H23N3O/c1-14(8-10-4-2-3-5-10)9-11(15)13-7-6-12/h10H,2-9,12H2,1H3,(H,13,15). The molecule has 1 aliphatic rings. The van der Waals surface area contributed by atoms with E-state index in [-0.39, 0.29) is 5.91 Å². The first-order valence-corrected chi connectivity index (χ1v) is 5.87. The van der Waals surface area contributed by atoms with Gasteiger partial charge in [-0.25, -0.2) is 0 Å². The van der Waals surface area contributed by atoms with Gasteiger partial charge in [-0.1, -0.05) is 12.8 Å². The van der Waals surface area contributed by atoms with E-state index < -0.39 is 0 Å². The molecule has 0 aromatic heterocycles. The second-order valence-corrected chi connectivity index (χ2v) is 4.49. The lowest BCUT2D eigenvalue weighted by Crippen LogP contribution is -2.38. The van der Waals surface area contributed by atoms with Crippen molar-refractivity contribution in [1.82, 2.24) is 10.2 Å². The Kier molecular flexibility index (Phi) is 5.65. The van der Waals surface area contributed by atoms with Crippen molar-refractivity contribution in [2.75, 3.05) is 33.2 Å². The molecular weight excluding hydrogens is 190 g/mol. The second kappa shape index (κ2) is 6.80. The van der Waals surface area contributed by atoms with Crippen molar-refractivity contribution in [2.24, 2.45) is 11.7 Å². The van der Waals surface area contributed by atoms with Gasteiger partial charge in [0, 0.05) is 19.6 Å². The fourth-order valence-corrected chi connectivity index (χ4v) is 2.21. The van der Waals surface area contributed by atoms with E-state index in [2.05, 4.69) is 10.2 Å².